The van der Waals surface area contributed by atoms with E-state index in [0.717, 1.165) is 11.6 Å². The van der Waals surface area contributed by atoms with Crippen molar-refractivity contribution in [2.75, 3.05) is 5.32 Å². The zero-order chi connectivity index (χ0) is 14.0. The summed E-state index contributed by atoms with van der Waals surface area (Å²) < 4.78 is 28.7. The molecule has 0 fully saturated rings. The first-order valence-electron chi connectivity index (χ1n) is 5.89. The van der Waals surface area contributed by atoms with E-state index >= 15 is 0 Å². The summed E-state index contributed by atoms with van der Waals surface area (Å²) in [5, 5.41) is 7.13. The molecule has 1 aromatic carbocycles. The standard InChI is InChI=1S/C13H14BrF2N3/c1-8(2)19-7-9(6-18-19)5-17-13-11(14)3-10(15)4-12(13)16/h3-4,6-8,17H,5H2,1-2H3. The quantitative estimate of drug-likeness (QED) is 0.914. The normalized spacial score (nSPS) is 11.1. The van der Waals surface area contributed by atoms with Crippen LogP contribution >= 0.6 is 15.9 Å². The molecule has 1 aromatic heterocycles. The zero-order valence-corrected chi connectivity index (χ0v) is 12.2. The molecule has 1 heterocycles. The Morgan fingerprint density at radius 1 is 1.37 bits per heavy atom. The third-order valence-corrected chi connectivity index (χ3v) is 3.29. The number of hydrogen-bond donors (Lipinski definition) is 1. The first-order chi connectivity index (χ1) is 8.97. The van der Waals surface area contributed by atoms with Gasteiger partial charge in [0.1, 0.15) is 11.6 Å². The van der Waals surface area contributed by atoms with Crippen molar-refractivity contribution in [3.8, 4) is 0 Å². The maximum absolute atomic E-state index is 13.6. The third kappa shape index (κ3) is 3.32. The lowest BCUT2D eigenvalue weighted by atomic mass is 10.2. The second-order valence-corrected chi connectivity index (χ2v) is 5.37. The van der Waals surface area contributed by atoms with Gasteiger partial charge in [-0.25, -0.2) is 8.78 Å². The molecule has 0 radical (unpaired) electrons. The molecule has 102 valence electrons. The van der Waals surface area contributed by atoms with Gasteiger partial charge in [0, 0.05) is 34.9 Å². The highest BCUT2D eigenvalue weighted by molar-refractivity contribution is 9.10. The van der Waals surface area contributed by atoms with Crippen molar-refractivity contribution in [3.63, 3.8) is 0 Å². The summed E-state index contributed by atoms with van der Waals surface area (Å²) in [7, 11) is 0. The van der Waals surface area contributed by atoms with E-state index in [1.54, 1.807) is 6.20 Å². The Balaban J connectivity index is 2.10. The summed E-state index contributed by atoms with van der Waals surface area (Å²) in [6.07, 6.45) is 3.62. The monoisotopic (exact) mass is 329 g/mol. The smallest absolute Gasteiger partial charge is 0.150 e. The van der Waals surface area contributed by atoms with Gasteiger partial charge in [0.05, 0.1) is 11.9 Å². The fraction of sp³-hybridized carbons (Fsp3) is 0.308. The number of nitrogens with one attached hydrogen (secondary N) is 1. The minimum absolute atomic E-state index is 0.249. The summed E-state index contributed by atoms with van der Waals surface area (Å²) in [5.74, 6) is -1.23. The minimum atomic E-state index is -0.622. The molecule has 19 heavy (non-hydrogen) atoms. The molecular formula is C13H14BrF2N3. The van der Waals surface area contributed by atoms with Gasteiger partial charge in [-0.1, -0.05) is 0 Å². The Labute approximate surface area is 118 Å². The first kappa shape index (κ1) is 14.0. The van der Waals surface area contributed by atoms with E-state index in [9.17, 15) is 8.78 Å². The van der Waals surface area contributed by atoms with Gasteiger partial charge in [0.25, 0.3) is 0 Å². The first-order valence-corrected chi connectivity index (χ1v) is 6.68. The second-order valence-electron chi connectivity index (χ2n) is 4.52. The van der Waals surface area contributed by atoms with Crippen LogP contribution in [0.25, 0.3) is 0 Å². The van der Waals surface area contributed by atoms with E-state index in [0.29, 0.717) is 11.0 Å². The molecule has 0 amide bonds. The van der Waals surface area contributed by atoms with Crippen LogP contribution in [0.3, 0.4) is 0 Å². The maximum atomic E-state index is 13.6. The van der Waals surface area contributed by atoms with E-state index in [2.05, 4.69) is 26.3 Å². The van der Waals surface area contributed by atoms with Crippen LogP contribution in [-0.4, -0.2) is 9.78 Å². The summed E-state index contributed by atoms with van der Waals surface area (Å²) in [5.41, 5.74) is 1.18. The number of benzene rings is 1. The molecule has 0 atom stereocenters. The van der Waals surface area contributed by atoms with Gasteiger partial charge in [-0.15, -0.1) is 0 Å². The molecule has 3 nitrogen and oxygen atoms in total. The van der Waals surface area contributed by atoms with Crippen LogP contribution in [0.1, 0.15) is 25.5 Å². The van der Waals surface area contributed by atoms with Crippen molar-refractivity contribution >= 4 is 21.6 Å². The number of halogens is 3. The number of anilines is 1. The predicted molar refractivity (Wildman–Crippen MR) is 74.0 cm³/mol. The molecule has 2 rings (SSSR count). The van der Waals surface area contributed by atoms with Crippen LogP contribution < -0.4 is 5.32 Å². The lowest BCUT2D eigenvalue weighted by Crippen LogP contribution is -2.03. The minimum Gasteiger partial charge on any atom is -0.378 e. The Bertz CT molecular complexity index is 558. The van der Waals surface area contributed by atoms with Gasteiger partial charge in [-0.05, 0) is 35.8 Å². The summed E-state index contributed by atoms with van der Waals surface area (Å²) in [6.45, 7) is 4.48. The highest BCUT2D eigenvalue weighted by Crippen LogP contribution is 2.27. The van der Waals surface area contributed by atoms with E-state index in [1.165, 1.54) is 6.07 Å². The van der Waals surface area contributed by atoms with E-state index in [4.69, 9.17) is 0 Å². The Morgan fingerprint density at radius 2 is 2.11 bits per heavy atom. The Kier molecular flexibility index (Phi) is 4.19. The van der Waals surface area contributed by atoms with Crippen molar-refractivity contribution in [3.05, 3.63) is 46.2 Å². The van der Waals surface area contributed by atoms with Crippen molar-refractivity contribution in [2.24, 2.45) is 0 Å². The van der Waals surface area contributed by atoms with Gasteiger partial charge in [0.15, 0.2) is 0 Å². The molecule has 2 aromatic rings. The van der Waals surface area contributed by atoms with Crippen LogP contribution in [0.15, 0.2) is 29.0 Å². The van der Waals surface area contributed by atoms with Gasteiger partial charge < -0.3 is 5.32 Å². The number of hydrogen-bond acceptors (Lipinski definition) is 2. The molecule has 0 aliphatic heterocycles. The van der Waals surface area contributed by atoms with Gasteiger partial charge in [-0.3, -0.25) is 4.68 Å². The summed E-state index contributed by atoms with van der Waals surface area (Å²) in [4.78, 5) is 0. The van der Waals surface area contributed by atoms with Gasteiger partial charge in [0.2, 0.25) is 0 Å². The van der Waals surface area contributed by atoms with Gasteiger partial charge >= 0.3 is 0 Å². The maximum Gasteiger partial charge on any atom is 0.150 e. The van der Waals surface area contributed by atoms with Crippen LogP contribution in [0.5, 0.6) is 0 Å². The number of rotatable bonds is 4. The topological polar surface area (TPSA) is 29.9 Å². The summed E-state index contributed by atoms with van der Waals surface area (Å²) in [6, 6.07) is 2.36. The van der Waals surface area contributed by atoms with Gasteiger partial charge in [-0.2, -0.15) is 5.10 Å². The molecule has 0 aliphatic rings. The molecule has 1 N–H and O–H groups in total. The van der Waals surface area contributed by atoms with E-state index in [-0.39, 0.29) is 11.7 Å². The van der Waals surface area contributed by atoms with Crippen molar-refractivity contribution in [2.45, 2.75) is 26.4 Å². The molecule has 0 unspecified atom stereocenters. The molecular weight excluding hydrogens is 316 g/mol. The van der Waals surface area contributed by atoms with Crippen LogP contribution in [0.4, 0.5) is 14.5 Å². The fourth-order valence-electron chi connectivity index (χ4n) is 1.65. The SMILES string of the molecule is CC(C)n1cc(CNc2c(F)cc(F)cc2Br)cn1. The Hall–Kier alpha value is -1.43. The average Bonchev–Trinajstić information content (AvgIpc) is 2.76. The summed E-state index contributed by atoms with van der Waals surface area (Å²) >= 11 is 3.14. The fourth-order valence-corrected chi connectivity index (χ4v) is 2.20. The molecule has 0 spiro atoms. The zero-order valence-electron chi connectivity index (χ0n) is 10.6. The van der Waals surface area contributed by atoms with Crippen molar-refractivity contribution < 1.29 is 8.78 Å². The Morgan fingerprint density at radius 3 is 2.68 bits per heavy atom. The highest BCUT2D eigenvalue weighted by atomic mass is 79.9. The lowest BCUT2D eigenvalue weighted by Gasteiger charge is -2.09. The molecule has 0 bridgehead atoms. The van der Waals surface area contributed by atoms with Crippen LogP contribution in [0, 0.1) is 11.6 Å². The average molecular weight is 330 g/mol. The van der Waals surface area contributed by atoms with Crippen LogP contribution in [-0.2, 0) is 6.54 Å². The van der Waals surface area contributed by atoms with E-state index in [1.807, 2.05) is 24.7 Å². The second kappa shape index (κ2) is 5.69. The van der Waals surface area contributed by atoms with Crippen molar-refractivity contribution in [1.29, 1.82) is 0 Å². The number of aromatic nitrogens is 2. The molecule has 0 aliphatic carbocycles. The molecule has 0 saturated carbocycles. The molecule has 6 heteroatoms. The predicted octanol–water partition coefficient (Wildman–Crippen LogP) is 4.12. The lowest BCUT2D eigenvalue weighted by molar-refractivity contribution is 0.532. The van der Waals surface area contributed by atoms with Crippen molar-refractivity contribution in [1.82, 2.24) is 9.78 Å². The molecule has 0 saturated heterocycles. The third-order valence-electron chi connectivity index (χ3n) is 2.66. The number of nitrogens with zero attached hydrogens (tertiary/aromatic N) is 2. The van der Waals surface area contributed by atoms with E-state index < -0.39 is 11.6 Å². The highest BCUT2D eigenvalue weighted by Gasteiger charge is 2.10. The largest absolute Gasteiger partial charge is 0.378 e. The van der Waals surface area contributed by atoms with Crippen LogP contribution in [0.2, 0.25) is 0 Å².